The van der Waals surface area contributed by atoms with Crippen LogP contribution in [-0.2, 0) is 6.54 Å². The lowest BCUT2D eigenvalue weighted by molar-refractivity contribution is 0.0697. The van der Waals surface area contributed by atoms with Crippen LogP contribution in [0.3, 0.4) is 0 Å². The van der Waals surface area contributed by atoms with Crippen LogP contribution in [0.2, 0.25) is 0 Å². The molecular formula is C15H14FNO2. The third-order valence-electron chi connectivity index (χ3n) is 2.87. The lowest BCUT2D eigenvalue weighted by atomic mass is 10.1. The van der Waals surface area contributed by atoms with Gasteiger partial charge >= 0.3 is 5.97 Å². The maximum Gasteiger partial charge on any atom is 0.335 e. The highest BCUT2D eigenvalue weighted by Crippen LogP contribution is 2.17. The van der Waals surface area contributed by atoms with Crippen molar-refractivity contribution in [3.8, 4) is 0 Å². The minimum atomic E-state index is -0.937. The zero-order chi connectivity index (χ0) is 13.8. The van der Waals surface area contributed by atoms with E-state index in [1.54, 1.807) is 30.3 Å². The van der Waals surface area contributed by atoms with Crippen LogP contribution in [0.1, 0.15) is 21.5 Å². The van der Waals surface area contributed by atoms with E-state index in [-0.39, 0.29) is 11.4 Å². The van der Waals surface area contributed by atoms with Crippen LogP contribution >= 0.6 is 0 Å². The highest BCUT2D eigenvalue weighted by atomic mass is 19.1. The molecule has 0 radical (unpaired) electrons. The number of rotatable bonds is 4. The Kier molecular flexibility index (Phi) is 3.80. The zero-order valence-corrected chi connectivity index (χ0v) is 10.5. The summed E-state index contributed by atoms with van der Waals surface area (Å²) in [5, 5.41) is 12.1. The Morgan fingerprint density at radius 3 is 2.47 bits per heavy atom. The van der Waals surface area contributed by atoms with Gasteiger partial charge in [0.15, 0.2) is 0 Å². The van der Waals surface area contributed by atoms with Gasteiger partial charge in [-0.25, -0.2) is 9.18 Å². The molecule has 0 saturated carbocycles. The molecule has 0 unspecified atom stereocenters. The first-order valence-electron chi connectivity index (χ1n) is 5.88. The van der Waals surface area contributed by atoms with Gasteiger partial charge in [-0.3, -0.25) is 0 Å². The first-order valence-corrected chi connectivity index (χ1v) is 5.88. The Morgan fingerprint density at radius 2 is 1.89 bits per heavy atom. The third-order valence-corrected chi connectivity index (χ3v) is 2.87. The second-order valence-corrected chi connectivity index (χ2v) is 4.31. The number of anilines is 1. The van der Waals surface area contributed by atoms with Crippen LogP contribution in [0.4, 0.5) is 10.1 Å². The van der Waals surface area contributed by atoms with E-state index in [9.17, 15) is 9.18 Å². The fraction of sp³-hybridized carbons (Fsp3) is 0.133. The average Bonchev–Trinajstić information content (AvgIpc) is 2.39. The quantitative estimate of drug-likeness (QED) is 0.884. The van der Waals surface area contributed by atoms with Crippen LogP contribution in [0.15, 0.2) is 42.5 Å². The van der Waals surface area contributed by atoms with Gasteiger partial charge in [-0.15, -0.1) is 0 Å². The SMILES string of the molecule is Cc1cc(C(=O)O)ccc1NCc1ccc(F)cc1. The Bertz CT molecular complexity index is 594. The number of halogens is 1. The normalized spacial score (nSPS) is 10.2. The summed E-state index contributed by atoms with van der Waals surface area (Å²) >= 11 is 0. The van der Waals surface area contributed by atoms with Crippen LogP contribution in [0.5, 0.6) is 0 Å². The van der Waals surface area contributed by atoms with E-state index in [2.05, 4.69) is 5.32 Å². The average molecular weight is 259 g/mol. The first-order chi connectivity index (χ1) is 9.06. The molecule has 2 aromatic rings. The number of carbonyl (C=O) groups is 1. The molecule has 0 saturated heterocycles. The van der Waals surface area contributed by atoms with Crippen LogP contribution in [0, 0.1) is 12.7 Å². The molecule has 2 N–H and O–H groups in total. The fourth-order valence-electron chi connectivity index (χ4n) is 1.79. The second-order valence-electron chi connectivity index (χ2n) is 4.31. The van der Waals surface area contributed by atoms with Gasteiger partial charge < -0.3 is 10.4 Å². The van der Waals surface area contributed by atoms with E-state index in [4.69, 9.17) is 5.11 Å². The molecule has 98 valence electrons. The fourth-order valence-corrected chi connectivity index (χ4v) is 1.79. The minimum Gasteiger partial charge on any atom is -0.478 e. The summed E-state index contributed by atoms with van der Waals surface area (Å²) in [5.74, 6) is -1.20. The molecular weight excluding hydrogens is 245 g/mol. The molecule has 0 fully saturated rings. The van der Waals surface area contributed by atoms with Gasteiger partial charge in [0.2, 0.25) is 0 Å². The van der Waals surface area contributed by atoms with Gasteiger partial charge in [-0.05, 0) is 48.4 Å². The van der Waals surface area contributed by atoms with Gasteiger partial charge in [-0.2, -0.15) is 0 Å². The van der Waals surface area contributed by atoms with Crippen molar-refractivity contribution in [3.05, 3.63) is 65.0 Å². The van der Waals surface area contributed by atoms with Gasteiger partial charge in [0.25, 0.3) is 0 Å². The van der Waals surface area contributed by atoms with E-state index in [1.807, 2.05) is 6.92 Å². The standard InChI is InChI=1S/C15H14FNO2/c1-10-8-12(15(18)19)4-7-14(10)17-9-11-2-5-13(16)6-3-11/h2-8,17H,9H2,1H3,(H,18,19). The number of hydrogen-bond donors (Lipinski definition) is 2. The Hall–Kier alpha value is -2.36. The van der Waals surface area contributed by atoms with Crippen molar-refractivity contribution in [3.63, 3.8) is 0 Å². The second kappa shape index (κ2) is 5.52. The smallest absolute Gasteiger partial charge is 0.335 e. The number of aryl methyl sites for hydroxylation is 1. The van der Waals surface area contributed by atoms with Crippen molar-refractivity contribution < 1.29 is 14.3 Å². The number of benzene rings is 2. The number of carboxylic acids is 1. The largest absolute Gasteiger partial charge is 0.478 e. The Labute approximate surface area is 110 Å². The summed E-state index contributed by atoms with van der Waals surface area (Å²) in [7, 11) is 0. The molecule has 0 spiro atoms. The number of hydrogen-bond acceptors (Lipinski definition) is 2. The Morgan fingerprint density at radius 1 is 1.21 bits per heavy atom. The summed E-state index contributed by atoms with van der Waals surface area (Å²) in [6.45, 7) is 2.41. The molecule has 0 aliphatic carbocycles. The summed E-state index contributed by atoms with van der Waals surface area (Å²) in [4.78, 5) is 10.8. The van der Waals surface area contributed by atoms with E-state index >= 15 is 0 Å². The first kappa shape index (κ1) is 13.1. The summed E-state index contributed by atoms with van der Waals surface area (Å²) in [6.07, 6.45) is 0. The van der Waals surface area contributed by atoms with E-state index < -0.39 is 5.97 Å². The summed E-state index contributed by atoms with van der Waals surface area (Å²) in [5.41, 5.74) is 2.96. The molecule has 0 aromatic heterocycles. The molecule has 0 aliphatic rings. The van der Waals surface area contributed by atoms with E-state index in [1.165, 1.54) is 12.1 Å². The van der Waals surface area contributed by atoms with Crippen LogP contribution in [0.25, 0.3) is 0 Å². The van der Waals surface area contributed by atoms with Crippen molar-refractivity contribution in [2.24, 2.45) is 0 Å². The Balaban J connectivity index is 2.07. The van der Waals surface area contributed by atoms with E-state index in [0.29, 0.717) is 6.54 Å². The summed E-state index contributed by atoms with van der Waals surface area (Å²) in [6, 6.07) is 11.2. The van der Waals surface area contributed by atoms with Crippen molar-refractivity contribution in [2.75, 3.05) is 5.32 Å². The number of aromatic carboxylic acids is 1. The highest BCUT2D eigenvalue weighted by Gasteiger charge is 2.05. The molecule has 3 nitrogen and oxygen atoms in total. The maximum atomic E-state index is 12.8. The van der Waals surface area contributed by atoms with Crippen molar-refractivity contribution in [1.82, 2.24) is 0 Å². The zero-order valence-electron chi connectivity index (χ0n) is 10.5. The lowest BCUT2D eigenvalue weighted by Crippen LogP contribution is -2.03. The molecule has 2 aromatic carbocycles. The molecule has 0 bridgehead atoms. The minimum absolute atomic E-state index is 0.259. The summed E-state index contributed by atoms with van der Waals surface area (Å²) < 4.78 is 12.8. The monoisotopic (exact) mass is 259 g/mol. The van der Waals surface area contributed by atoms with Crippen molar-refractivity contribution in [1.29, 1.82) is 0 Å². The molecule has 0 heterocycles. The lowest BCUT2D eigenvalue weighted by Gasteiger charge is -2.10. The van der Waals surface area contributed by atoms with Crippen molar-refractivity contribution in [2.45, 2.75) is 13.5 Å². The van der Waals surface area contributed by atoms with Crippen LogP contribution < -0.4 is 5.32 Å². The predicted molar refractivity (Wildman–Crippen MR) is 71.9 cm³/mol. The van der Waals surface area contributed by atoms with E-state index in [0.717, 1.165) is 16.8 Å². The number of carboxylic acid groups (broad SMARTS) is 1. The molecule has 0 atom stereocenters. The highest BCUT2D eigenvalue weighted by molar-refractivity contribution is 5.88. The molecule has 19 heavy (non-hydrogen) atoms. The molecule has 0 amide bonds. The topological polar surface area (TPSA) is 49.3 Å². The van der Waals surface area contributed by atoms with Gasteiger partial charge in [-0.1, -0.05) is 12.1 Å². The maximum absolute atomic E-state index is 12.8. The number of nitrogens with one attached hydrogen (secondary N) is 1. The van der Waals surface area contributed by atoms with Gasteiger partial charge in [0.1, 0.15) is 5.82 Å². The van der Waals surface area contributed by atoms with Gasteiger partial charge in [0, 0.05) is 12.2 Å². The van der Waals surface area contributed by atoms with Crippen LogP contribution in [-0.4, -0.2) is 11.1 Å². The predicted octanol–water partition coefficient (Wildman–Crippen LogP) is 3.44. The molecule has 4 heteroatoms. The van der Waals surface area contributed by atoms with Gasteiger partial charge in [0.05, 0.1) is 5.56 Å². The molecule has 2 rings (SSSR count). The molecule has 0 aliphatic heterocycles. The van der Waals surface area contributed by atoms with Crippen molar-refractivity contribution >= 4 is 11.7 Å². The third kappa shape index (κ3) is 3.31.